The van der Waals surface area contributed by atoms with Gasteiger partial charge in [-0.25, -0.2) is 0 Å². The highest BCUT2D eigenvalue weighted by Crippen LogP contribution is 2.25. The molecule has 0 aliphatic heterocycles. The standard InChI is InChI=1S/C14H20N2O4/c1-5-20-14(17)9-15(10(2)3)12-6-7-13(16(18)19)11(4)8-12/h6-8,10H,5,9H2,1-4H3. The zero-order chi connectivity index (χ0) is 15.3. The second-order valence-electron chi connectivity index (χ2n) is 4.75. The minimum absolute atomic E-state index is 0.0774. The van der Waals surface area contributed by atoms with Gasteiger partial charge in [0.15, 0.2) is 0 Å². The summed E-state index contributed by atoms with van der Waals surface area (Å²) in [5.41, 5.74) is 1.42. The fraction of sp³-hybridized carbons (Fsp3) is 0.500. The number of carbonyl (C=O) groups is 1. The van der Waals surface area contributed by atoms with E-state index in [1.165, 1.54) is 6.07 Å². The average Bonchev–Trinajstić information content (AvgIpc) is 2.35. The lowest BCUT2D eigenvalue weighted by Gasteiger charge is -2.28. The number of carbonyl (C=O) groups excluding carboxylic acids is 1. The monoisotopic (exact) mass is 280 g/mol. The molecule has 1 aromatic rings. The molecule has 20 heavy (non-hydrogen) atoms. The van der Waals surface area contributed by atoms with E-state index in [0.717, 1.165) is 5.69 Å². The third kappa shape index (κ3) is 3.94. The molecular weight excluding hydrogens is 260 g/mol. The SMILES string of the molecule is CCOC(=O)CN(c1ccc([N+](=O)[O-])c(C)c1)C(C)C. The number of nitrogens with zero attached hydrogens (tertiary/aromatic N) is 2. The van der Waals surface area contributed by atoms with Crippen molar-refractivity contribution in [2.24, 2.45) is 0 Å². The maximum atomic E-state index is 11.6. The summed E-state index contributed by atoms with van der Waals surface area (Å²) in [7, 11) is 0. The summed E-state index contributed by atoms with van der Waals surface area (Å²) in [6, 6.07) is 4.92. The highest BCUT2D eigenvalue weighted by Gasteiger charge is 2.18. The van der Waals surface area contributed by atoms with E-state index in [2.05, 4.69) is 0 Å². The number of rotatable bonds is 6. The van der Waals surface area contributed by atoms with Gasteiger partial charge in [0.05, 0.1) is 11.5 Å². The predicted molar refractivity (Wildman–Crippen MR) is 76.9 cm³/mol. The number of hydrogen-bond acceptors (Lipinski definition) is 5. The van der Waals surface area contributed by atoms with Crippen molar-refractivity contribution in [3.63, 3.8) is 0 Å². The molecule has 0 saturated heterocycles. The van der Waals surface area contributed by atoms with Crippen LogP contribution in [0.3, 0.4) is 0 Å². The van der Waals surface area contributed by atoms with Crippen LogP contribution in [0.15, 0.2) is 18.2 Å². The lowest BCUT2D eigenvalue weighted by molar-refractivity contribution is -0.385. The number of nitro groups is 1. The molecule has 0 heterocycles. The molecule has 0 bridgehead atoms. The molecule has 0 atom stereocenters. The second-order valence-corrected chi connectivity index (χ2v) is 4.75. The van der Waals surface area contributed by atoms with E-state index >= 15 is 0 Å². The van der Waals surface area contributed by atoms with Crippen LogP contribution in [0.4, 0.5) is 11.4 Å². The molecule has 6 heteroatoms. The molecule has 0 saturated carbocycles. The zero-order valence-electron chi connectivity index (χ0n) is 12.3. The van der Waals surface area contributed by atoms with Crippen molar-refractivity contribution in [3.05, 3.63) is 33.9 Å². The molecule has 0 N–H and O–H groups in total. The van der Waals surface area contributed by atoms with E-state index in [1.54, 1.807) is 26.0 Å². The van der Waals surface area contributed by atoms with E-state index < -0.39 is 4.92 Å². The van der Waals surface area contributed by atoms with E-state index in [9.17, 15) is 14.9 Å². The number of aryl methyl sites for hydroxylation is 1. The predicted octanol–water partition coefficient (Wildman–Crippen LogP) is 2.68. The molecule has 0 aromatic heterocycles. The fourth-order valence-corrected chi connectivity index (χ4v) is 1.94. The molecular formula is C14H20N2O4. The van der Waals surface area contributed by atoms with Gasteiger partial charge >= 0.3 is 5.97 Å². The van der Waals surface area contributed by atoms with Gasteiger partial charge in [0.2, 0.25) is 0 Å². The van der Waals surface area contributed by atoms with Crippen LogP contribution in [-0.4, -0.2) is 30.1 Å². The molecule has 1 rings (SSSR count). The summed E-state index contributed by atoms with van der Waals surface area (Å²) >= 11 is 0. The number of hydrogen-bond donors (Lipinski definition) is 0. The molecule has 0 amide bonds. The van der Waals surface area contributed by atoms with Crippen molar-refractivity contribution in [1.29, 1.82) is 0 Å². The molecule has 6 nitrogen and oxygen atoms in total. The van der Waals surface area contributed by atoms with Gasteiger partial charge < -0.3 is 9.64 Å². The van der Waals surface area contributed by atoms with E-state index in [4.69, 9.17) is 4.74 Å². The largest absolute Gasteiger partial charge is 0.465 e. The number of ether oxygens (including phenoxy) is 1. The Morgan fingerprint density at radius 2 is 2.10 bits per heavy atom. The molecule has 0 spiro atoms. The molecule has 0 aliphatic rings. The van der Waals surface area contributed by atoms with E-state index in [0.29, 0.717) is 12.2 Å². The number of esters is 1. The van der Waals surface area contributed by atoms with Gasteiger partial charge in [-0.2, -0.15) is 0 Å². The number of nitro benzene ring substituents is 1. The first kappa shape index (κ1) is 15.9. The van der Waals surface area contributed by atoms with Gasteiger partial charge in [-0.3, -0.25) is 14.9 Å². The van der Waals surface area contributed by atoms with Gasteiger partial charge in [-0.05, 0) is 39.8 Å². The lowest BCUT2D eigenvalue weighted by Crippen LogP contribution is -2.36. The Balaban J connectivity index is 3.01. The van der Waals surface area contributed by atoms with Crippen molar-refractivity contribution in [3.8, 4) is 0 Å². The minimum atomic E-state index is -0.413. The van der Waals surface area contributed by atoms with Gasteiger partial charge in [-0.1, -0.05) is 0 Å². The van der Waals surface area contributed by atoms with Crippen molar-refractivity contribution in [1.82, 2.24) is 0 Å². The highest BCUT2D eigenvalue weighted by atomic mass is 16.6. The highest BCUT2D eigenvalue weighted by molar-refractivity contribution is 5.76. The van der Waals surface area contributed by atoms with Crippen molar-refractivity contribution < 1.29 is 14.5 Å². The van der Waals surface area contributed by atoms with Crippen LogP contribution >= 0.6 is 0 Å². The van der Waals surface area contributed by atoms with Crippen LogP contribution in [-0.2, 0) is 9.53 Å². The summed E-state index contributed by atoms with van der Waals surface area (Å²) < 4.78 is 4.95. The maximum Gasteiger partial charge on any atom is 0.325 e. The normalized spacial score (nSPS) is 10.4. The van der Waals surface area contributed by atoms with Crippen LogP contribution < -0.4 is 4.90 Å². The Labute approximate surface area is 118 Å². The van der Waals surface area contributed by atoms with Crippen LogP contribution in [0.2, 0.25) is 0 Å². The van der Waals surface area contributed by atoms with Crippen LogP contribution in [0.5, 0.6) is 0 Å². The average molecular weight is 280 g/mol. The summed E-state index contributed by atoms with van der Waals surface area (Å²) in [4.78, 5) is 23.9. The topological polar surface area (TPSA) is 72.7 Å². The van der Waals surface area contributed by atoms with Crippen LogP contribution in [0.1, 0.15) is 26.3 Å². The third-order valence-electron chi connectivity index (χ3n) is 2.94. The van der Waals surface area contributed by atoms with Gasteiger partial charge in [0, 0.05) is 23.4 Å². The molecule has 0 unspecified atom stereocenters. The Morgan fingerprint density at radius 1 is 1.45 bits per heavy atom. The van der Waals surface area contributed by atoms with Gasteiger partial charge in [0.1, 0.15) is 6.54 Å². The number of anilines is 1. The quantitative estimate of drug-likeness (QED) is 0.455. The Hall–Kier alpha value is -2.11. The van der Waals surface area contributed by atoms with Crippen molar-refractivity contribution >= 4 is 17.3 Å². The van der Waals surface area contributed by atoms with Gasteiger partial charge in [0.25, 0.3) is 5.69 Å². The number of benzene rings is 1. The molecule has 0 radical (unpaired) electrons. The lowest BCUT2D eigenvalue weighted by atomic mass is 10.1. The first-order chi connectivity index (χ1) is 9.36. The van der Waals surface area contributed by atoms with E-state index in [1.807, 2.05) is 18.7 Å². The summed E-state index contributed by atoms with van der Waals surface area (Å²) in [5.74, 6) is -0.308. The molecule has 1 aromatic carbocycles. The zero-order valence-corrected chi connectivity index (χ0v) is 12.3. The van der Waals surface area contributed by atoms with E-state index in [-0.39, 0.29) is 24.2 Å². The van der Waals surface area contributed by atoms with Crippen LogP contribution in [0, 0.1) is 17.0 Å². The molecule has 110 valence electrons. The summed E-state index contributed by atoms with van der Waals surface area (Å²) in [5, 5.41) is 10.8. The Kier molecular flexibility index (Phi) is 5.49. The molecule has 0 fully saturated rings. The Morgan fingerprint density at radius 3 is 2.55 bits per heavy atom. The first-order valence-electron chi connectivity index (χ1n) is 6.54. The fourth-order valence-electron chi connectivity index (χ4n) is 1.94. The van der Waals surface area contributed by atoms with Crippen LogP contribution in [0.25, 0.3) is 0 Å². The smallest absolute Gasteiger partial charge is 0.325 e. The Bertz CT molecular complexity index is 500. The second kappa shape index (κ2) is 6.88. The minimum Gasteiger partial charge on any atom is -0.465 e. The van der Waals surface area contributed by atoms with Gasteiger partial charge in [-0.15, -0.1) is 0 Å². The molecule has 0 aliphatic carbocycles. The van der Waals surface area contributed by atoms with Crippen molar-refractivity contribution in [2.45, 2.75) is 33.7 Å². The summed E-state index contributed by atoms with van der Waals surface area (Å²) in [6.45, 7) is 7.82. The first-order valence-corrected chi connectivity index (χ1v) is 6.54. The maximum absolute atomic E-state index is 11.6. The third-order valence-corrected chi connectivity index (χ3v) is 2.94. The summed E-state index contributed by atoms with van der Waals surface area (Å²) in [6.07, 6.45) is 0. The van der Waals surface area contributed by atoms with Crippen molar-refractivity contribution in [2.75, 3.05) is 18.1 Å².